The van der Waals surface area contributed by atoms with Gasteiger partial charge in [0.2, 0.25) is 5.91 Å². The number of benzene rings is 1. The molecule has 0 bridgehead atoms. The van der Waals surface area contributed by atoms with Crippen molar-refractivity contribution < 1.29 is 18.3 Å². The van der Waals surface area contributed by atoms with E-state index in [0.29, 0.717) is 38.0 Å². The number of piperidine rings is 1. The standard InChI is InChI=1S/C20H29N5O4S/c1-21-30(28,29)23-16-4-6-17(7-5-16)25-18(8-11-22-25)14-20(27)9-12-24(13-10-20)19(26)15-2-3-15/h4-7,11,15,18,21,23,27H,2-3,8-10,12-14H2,1H3. The molecule has 0 radical (unpaired) electrons. The molecule has 1 saturated carbocycles. The van der Waals surface area contributed by atoms with Crippen LogP contribution in [0.2, 0.25) is 0 Å². The molecule has 1 amide bonds. The second-order valence-corrected chi connectivity index (χ2v) is 10.0. The third kappa shape index (κ3) is 4.76. The number of nitrogens with zero attached hydrogens (tertiary/aromatic N) is 3. The molecule has 4 rings (SSSR count). The first-order valence-electron chi connectivity index (χ1n) is 10.4. The smallest absolute Gasteiger partial charge is 0.298 e. The molecule has 3 N–H and O–H groups in total. The van der Waals surface area contributed by atoms with Gasteiger partial charge in [0.25, 0.3) is 10.2 Å². The van der Waals surface area contributed by atoms with Crippen molar-refractivity contribution in [2.45, 2.75) is 50.2 Å². The Morgan fingerprint density at radius 1 is 1.23 bits per heavy atom. The molecule has 164 valence electrons. The summed E-state index contributed by atoms with van der Waals surface area (Å²) in [6.45, 7) is 1.22. The van der Waals surface area contributed by atoms with Gasteiger partial charge in [-0.2, -0.15) is 13.5 Å². The van der Waals surface area contributed by atoms with Crippen LogP contribution >= 0.6 is 0 Å². The molecule has 1 aromatic rings. The van der Waals surface area contributed by atoms with E-state index in [1.165, 1.54) is 7.05 Å². The van der Waals surface area contributed by atoms with E-state index in [1.54, 1.807) is 12.1 Å². The van der Waals surface area contributed by atoms with E-state index in [2.05, 4.69) is 14.5 Å². The summed E-state index contributed by atoms with van der Waals surface area (Å²) in [6, 6.07) is 7.02. The van der Waals surface area contributed by atoms with Gasteiger partial charge in [0.05, 0.1) is 17.3 Å². The number of carbonyl (C=O) groups is 1. The van der Waals surface area contributed by atoms with E-state index in [0.717, 1.165) is 24.9 Å². The Morgan fingerprint density at radius 3 is 2.50 bits per heavy atom. The lowest BCUT2D eigenvalue weighted by Gasteiger charge is -2.40. The maximum atomic E-state index is 12.3. The second kappa shape index (κ2) is 8.16. The molecule has 2 aliphatic heterocycles. The molecule has 0 spiro atoms. The Kier molecular flexibility index (Phi) is 5.73. The van der Waals surface area contributed by atoms with Crippen LogP contribution in [-0.4, -0.2) is 62.3 Å². The van der Waals surface area contributed by atoms with Crippen LogP contribution in [0, 0.1) is 5.92 Å². The maximum absolute atomic E-state index is 12.3. The fourth-order valence-electron chi connectivity index (χ4n) is 4.16. The van der Waals surface area contributed by atoms with Crippen LogP contribution in [-0.2, 0) is 15.0 Å². The molecule has 1 atom stereocenters. The molecule has 1 aliphatic carbocycles. The maximum Gasteiger partial charge on any atom is 0.298 e. The van der Waals surface area contributed by atoms with Gasteiger partial charge in [0, 0.05) is 44.4 Å². The minimum absolute atomic E-state index is 0.0283. The molecule has 1 unspecified atom stereocenters. The fourth-order valence-corrected chi connectivity index (χ4v) is 4.71. The Balaban J connectivity index is 1.36. The van der Waals surface area contributed by atoms with Crippen molar-refractivity contribution in [2.75, 3.05) is 29.9 Å². The zero-order valence-corrected chi connectivity index (χ0v) is 17.9. The number of aliphatic hydroxyl groups is 1. The van der Waals surface area contributed by atoms with Gasteiger partial charge >= 0.3 is 0 Å². The predicted octanol–water partition coefficient (Wildman–Crippen LogP) is 1.28. The van der Waals surface area contributed by atoms with Gasteiger partial charge in [0.1, 0.15) is 0 Å². The van der Waals surface area contributed by atoms with E-state index in [1.807, 2.05) is 28.3 Å². The van der Waals surface area contributed by atoms with Gasteiger partial charge in [-0.3, -0.25) is 14.5 Å². The summed E-state index contributed by atoms with van der Waals surface area (Å²) in [5.74, 6) is 0.465. The lowest BCUT2D eigenvalue weighted by molar-refractivity contribution is -0.137. The van der Waals surface area contributed by atoms with Crippen LogP contribution in [0.1, 0.15) is 38.5 Å². The quantitative estimate of drug-likeness (QED) is 0.597. The van der Waals surface area contributed by atoms with Crippen LogP contribution in [0.4, 0.5) is 11.4 Å². The summed E-state index contributed by atoms with van der Waals surface area (Å²) in [5, 5.41) is 17.5. The van der Waals surface area contributed by atoms with Crippen molar-refractivity contribution in [2.24, 2.45) is 11.0 Å². The predicted molar refractivity (Wildman–Crippen MR) is 116 cm³/mol. The number of amides is 1. The van der Waals surface area contributed by atoms with Crippen LogP contribution < -0.4 is 14.5 Å². The summed E-state index contributed by atoms with van der Waals surface area (Å²) in [5.41, 5.74) is 0.490. The number of nitrogens with one attached hydrogen (secondary N) is 2. The molecule has 9 nitrogen and oxygen atoms in total. The molecule has 2 heterocycles. The molecule has 1 saturated heterocycles. The van der Waals surface area contributed by atoms with Gasteiger partial charge in [-0.05, 0) is 56.4 Å². The van der Waals surface area contributed by atoms with E-state index in [4.69, 9.17) is 0 Å². The van der Waals surface area contributed by atoms with Crippen LogP contribution in [0.5, 0.6) is 0 Å². The van der Waals surface area contributed by atoms with Crippen molar-refractivity contribution in [1.29, 1.82) is 0 Å². The first kappa shape index (κ1) is 21.1. The number of carbonyl (C=O) groups excluding carboxylic acids is 1. The normalized spacial score (nSPS) is 23.6. The van der Waals surface area contributed by atoms with Gasteiger partial charge in [-0.25, -0.2) is 4.72 Å². The topological polar surface area (TPSA) is 114 Å². The van der Waals surface area contributed by atoms with Crippen LogP contribution in [0.15, 0.2) is 29.4 Å². The van der Waals surface area contributed by atoms with Crippen molar-refractivity contribution in [3.8, 4) is 0 Å². The third-order valence-corrected chi connectivity index (χ3v) is 7.17. The first-order chi connectivity index (χ1) is 14.3. The third-order valence-electron chi connectivity index (χ3n) is 6.13. The average molecular weight is 436 g/mol. The molecule has 1 aromatic carbocycles. The Hall–Kier alpha value is -2.17. The number of hydrogen-bond donors (Lipinski definition) is 3. The summed E-state index contributed by atoms with van der Waals surface area (Å²) in [7, 11) is -2.21. The van der Waals surface area contributed by atoms with E-state index in [-0.39, 0.29) is 17.9 Å². The highest BCUT2D eigenvalue weighted by Gasteiger charge is 2.41. The monoisotopic (exact) mass is 435 g/mol. The zero-order chi connectivity index (χ0) is 21.4. The summed E-state index contributed by atoms with van der Waals surface area (Å²) < 4.78 is 27.9. The van der Waals surface area contributed by atoms with Gasteiger partial charge in [0.15, 0.2) is 0 Å². The molecule has 2 fully saturated rings. The molecule has 0 aromatic heterocycles. The molecule has 3 aliphatic rings. The summed E-state index contributed by atoms with van der Waals surface area (Å²) >= 11 is 0. The lowest BCUT2D eigenvalue weighted by Crippen LogP contribution is -2.49. The minimum Gasteiger partial charge on any atom is -0.390 e. The number of hydrazone groups is 1. The number of rotatable bonds is 7. The Morgan fingerprint density at radius 2 is 1.90 bits per heavy atom. The van der Waals surface area contributed by atoms with Crippen LogP contribution in [0.3, 0.4) is 0 Å². The van der Waals surface area contributed by atoms with Crippen molar-refractivity contribution in [3.05, 3.63) is 24.3 Å². The van der Waals surface area contributed by atoms with Crippen molar-refractivity contribution >= 4 is 33.7 Å². The Labute approximate surface area is 177 Å². The van der Waals surface area contributed by atoms with Crippen molar-refractivity contribution in [3.63, 3.8) is 0 Å². The molecule has 10 heteroatoms. The van der Waals surface area contributed by atoms with Gasteiger partial charge < -0.3 is 10.0 Å². The van der Waals surface area contributed by atoms with Gasteiger partial charge in [-0.15, -0.1) is 0 Å². The lowest BCUT2D eigenvalue weighted by atomic mass is 9.84. The summed E-state index contributed by atoms with van der Waals surface area (Å²) in [6.07, 6.45) is 6.33. The highest BCUT2D eigenvalue weighted by molar-refractivity contribution is 7.90. The summed E-state index contributed by atoms with van der Waals surface area (Å²) in [4.78, 5) is 14.2. The highest BCUT2D eigenvalue weighted by Crippen LogP contribution is 2.36. The molecule has 30 heavy (non-hydrogen) atoms. The van der Waals surface area contributed by atoms with E-state index in [9.17, 15) is 18.3 Å². The average Bonchev–Trinajstić information content (AvgIpc) is 3.48. The van der Waals surface area contributed by atoms with Gasteiger partial charge in [-0.1, -0.05) is 0 Å². The number of likely N-dealkylation sites (tertiary alicyclic amines) is 1. The largest absolute Gasteiger partial charge is 0.390 e. The second-order valence-electron chi connectivity index (χ2n) is 8.42. The van der Waals surface area contributed by atoms with E-state index >= 15 is 0 Å². The fraction of sp³-hybridized carbons (Fsp3) is 0.600. The molecular formula is C20H29N5O4S. The minimum atomic E-state index is -3.56. The van der Waals surface area contributed by atoms with Crippen LogP contribution in [0.25, 0.3) is 0 Å². The first-order valence-corrected chi connectivity index (χ1v) is 11.9. The number of hydrogen-bond acceptors (Lipinski definition) is 6. The number of anilines is 2. The van der Waals surface area contributed by atoms with Crippen molar-refractivity contribution in [1.82, 2.24) is 9.62 Å². The zero-order valence-electron chi connectivity index (χ0n) is 17.1. The molecular weight excluding hydrogens is 406 g/mol. The Bertz CT molecular complexity index is 906. The van der Waals surface area contributed by atoms with E-state index < -0.39 is 15.8 Å². The SMILES string of the molecule is CNS(=O)(=O)Nc1ccc(N2N=CCC2CC2(O)CCN(C(=O)C3CC3)CC2)cc1. The highest BCUT2D eigenvalue weighted by atomic mass is 32.2.